The van der Waals surface area contributed by atoms with Crippen LogP contribution < -0.4 is 4.90 Å². The number of anilines is 1. The molecule has 0 radical (unpaired) electrons. The first kappa shape index (κ1) is 13.0. The van der Waals surface area contributed by atoms with Crippen molar-refractivity contribution in [3.63, 3.8) is 0 Å². The van der Waals surface area contributed by atoms with Gasteiger partial charge < -0.3 is 4.74 Å². The minimum Gasteiger partial charge on any atom is -0.443 e. The number of rotatable bonds is 1. The lowest BCUT2D eigenvalue weighted by Gasteiger charge is -2.23. The zero-order chi connectivity index (χ0) is 13.1. The van der Waals surface area contributed by atoms with Gasteiger partial charge >= 0.3 is 6.09 Å². The van der Waals surface area contributed by atoms with Gasteiger partial charge in [-0.15, -0.1) is 0 Å². The molecule has 1 amide bonds. The summed E-state index contributed by atoms with van der Waals surface area (Å²) >= 11 is 0. The molecule has 0 fully saturated rings. The molecule has 4 heteroatoms. The number of carbonyl (C=O) groups excluding carboxylic acids is 1. The van der Waals surface area contributed by atoms with E-state index in [-0.39, 0.29) is 5.69 Å². The van der Waals surface area contributed by atoms with Crippen LogP contribution in [-0.4, -0.2) is 11.7 Å². The third-order valence-electron chi connectivity index (χ3n) is 1.77. The minimum atomic E-state index is -0.703. The van der Waals surface area contributed by atoms with E-state index >= 15 is 0 Å². The Bertz CT molecular complexity index is 457. The fourth-order valence-corrected chi connectivity index (χ4v) is 1.16. The number of carbonyl (C=O) groups is 1. The Hall–Kier alpha value is -2.02. The summed E-state index contributed by atoms with van der Waals surface area (Å²) in [4.78, 5) is 12.7. The first-order valence-corrected chi connectivity index (χ1v) is 5.08. The minimum absolute atomic E-state index is 0.266. The number of benzene rings is 1. The van der Waals surface area contributed by atoms with Crippen LogP contribution in [0.2, 0.25) is 0 Å². The van der Waals surface area contributed by atoms with Crippen LogP contribution in [0.25, 0.3) is 0 Å². The molecular formula is C13H14FNO2. The number of terminal acetylenes is 1. The monoisotopic (exact) mass is 235 g/mol. The lowest BCUT2D eigenvalue weighted by molar-refractivity contribution is 0.0600. The molecule has 0 N–H and O–H groups in total. The Labute approximate surface area is 100 Å². The van der Waals surface area contributed by atoms with Crippen molar-refractivity contribution in [1.82, 2.24) is 0 Å². The van der Waals surface area contributed by atoms with E-state index in [0.717, 1.165) is 4.90 Å². The molecule has 0 bridgehead atoms. The summed E-state index contributed by atoms with van der Waals surface area (Å²) in [6.45, 7) is 5.18. The van der Waals surface area contributed by atoms with E-state index in [4.69, 9.17) is 11.2 Å². The molecule has 0 unspecified atom stereocenters. The van der Waals surface area contributed by atoms with Crippen LogP contribution in [0.15, 0.2) is 24.3 Å². The summed E-state index contributed by atoms with van der Waals surface area (Å²) in [6.07, 6.45) is 4.52. The number of hydrogen-bond donors (Lipinski definition) is 0. The highest BCUT2D eigenvalue weighted by Gasteiger charge is 2.22. The summed E-state index contributed by atoms with van der Waals surface area (Å²) in [6, 6.07) is 7.61. The summed E-state index contributed by atoms with van der Waals surface area (Å²) < 4.78 is 18.1. The van der Waals surface area contributed by atoms with E-state index in [1.165, 1.54) is 24.3 Å². The van der Waals surface area contributed by atoms with Crippen molar-refractivity contribution in [2.24, 2.45) is 0 Å². The standard InChI is InChI=1S/C13H14FNO2/c1-5-15(12(16)17-13(2,3)4)11-8-6-7-10(14)9-11/h1,6-9H,2-4H3. The van der Waals surface area contributed by atoms with Crippen molar-refractivity contribution in [2.75, 3.05) is 4.90 Å². The molecule has 0 saturated carbocycles. The predicted octanol–water partition coefficient (Wildman–Crippen LogP) is 3.16. The fraction of sp³-hybridized carbons (Fsp3) is 0.308. The van der Waals surface area contributed by atoms with Crippen molar-refractivity contribution in [3.05, 3.63) is 30.1 Å². The lowest BCUT2D eigenvalue weighted by atomic mass is 10.2. The largest absolute Gasteiger partial charge is 0.443 e. The number of halogens is 1. The lowest BCUT2D eigenvalue weighted by Crippen LogP contribution is -2.33. The van der Waals surface area contributed by atoms with Crippen LogP contribution in [0.4, 0.5) is 14.9 Å². The molecule has 0 aliphatic heterocycles. The zero-order valence-electron chi connectivity index (χ0n) is 10.0. The quantitative estimate of drug-likeness (QED) is 0.552. The van der Waals surface area contributed by atoms with E-state index < -0.39 is 17.5 Å². The van der Waals surface area contributed by atoms with E-state index in [2.05, 4.69) is 6.04 Å². The van der Waals surface area contributed by atoms with Crippen LogP contribution >= 0.6 is 0 Å². The summed E-state index contributed by atoms with van der Waals surface area (Å²) in [7, 11) is 0. The molecular weight excluding hydrogens is 221 g/mol. The second kappa shape index (κ2) is 4.88. The van der Waals surface area contributed by atoms with Crippen LogP contribution in [0.1, 0.15) is 20.8 Å². The second-order valence-electron chi connectivity index (χ2n) is 4.42. The molecule has 1 rings (SSSR count). The van der Waals surface area contributed by atoms with Gasteiger partial charge in [0.15, 0.2) is 0 Å². The van der Waals surface area contributed by atoms with Gasteiger partial charge in [-0.1, -0.05) is 12.5 Å². The Balaban J connectivity index is 2.94. The number of ether oxygens (including phenoxy) is 1. The molecule has 0 atom stereocenters. The summed E-state index contributed by atoms with van der Waals surface area (Å²) in [5, 5.41) is 0. The van der Waals surface area contributed by atoms with Crippen LogP contribution in [-0.2, 0) is 4.74 Å². The highest BCUT2D eigenvalue weighted by molar-refractivity contribution is 5.91. The predicted molar refractivity (Wildman–Crippen MR) is 63.9 cm³/mol. The van der Waals surface area contributed by atoms with E-state index in [9.17, 15) is 9.18 Å². The maximum Gasteiger partial charge on any atom is 0.426 e. The first-order valence-electron chi connectivity index (χ1n) is 5.08. The van der Waals surface area contributed by atoms with Crippen LogP contribution in [0, 0.1) is 18.3 Å². The van der Waals surface area contributed by atoms with Crippen LogP contribution in [0.5, 0.6) is 0 Å². The van der Waals surface area contributed by atoms with Crippen LogP contribution in [0.3, 0.4) is 0 Å². The van der Waals surface area contributed by atoms with Gasteiger partial charge in [0.25, 0.3) is 0 Å². The number of hydrogen-bond acceptors (Lipinski definition) is 2. The molecule has 0 spiro atoms. The molecule has 0 saturated heterocycles. The van der Waals surface area contributed by atoms with E-state index in [1.54, 1.807) is 20.8 Å². The first-order chi connectivity index (χ1) is 7.83. The van der Waals surface area contributed by atoms with Gasteiger partial charge in [-0.2, -0.15) is 0 Å². The molecule has 0 aliphatic carbocycles. The van der Waals surface area contributed by atoms with Crippen molar-refractivity contribution < 1.29 is 13.9 Å². The Morgan fingerprint density at radius 2 is 2.12 bits per heavy atom. The smallest absolute Gasteiger partial charge is 0.426 e. The molecule has 1 aromatic carbocycles. The van der Waals surface area contributed by atoms with Gasteiger partial charge in [0.1, 0.15) is 11.4 Å². The zero-order valence-corrected chi connectivity index (χ0v) is 10.0. The average molecular weight is 235 g/mol. The Morgan fingerprint density at radius 1 is 1.47 bits per heavy atom. The molecule has 90 valence electrons. The number of nitrogens with zero attached hydrogens (tertiary/aromatic N) is 1. The van der Waals surface area contributed by atoms with Crippen molar-refractivity contribution in [1.29, 1.82) is 0 Å². The summed E-state index contributed by atoms with van der Waals surface area (Å²) in [5.74, 6) is -0.466. The fourth-order valence-electron chi connectivity index (χ4n) is 1.16. The van der Waals surface area contributed by atoms with E-state index in [0.29, 0.717) is 0 Å². The molecule has 1 aromatic rings. The second-order valence-corrected chi connectivity index (χ2v) is 4.42. The molecule has 17 heavy (non-hydrogen) atoms. The van der Waals surface area contributed by atoms with Gasteiger partial charge in [0, 0.05) is 6.04 Å². The maximum atomic E-state index is 13.0. The van der Waals surface area contributed by atoms with Crippen molar-refractivity contribution >= 4 is 11.8 Å². The normalized spacial score (nSPS) is 10.5. The highest BCUT2D eigenvalue weighted by atomic mass is 19.1. The average Bonchev–Trinajstić information content (AvgIpc) is 2.15. The SMILES string of the molecule is C#CN(C(=O)OC(C)(C)C)c1cccc(F)c1. The van der Waals surface area contributed by atoms with Crippen molar-refractivity contribution in [2.45, 2.75) is 26.4 Å². The molecule has 0 aliphatic rings. The van der Waals surface area contributed by atoms with Crippen molar-refractivity contribution in [3.8, 4) is 12.5 Å². The van der Waals surface area contributed by atoms with Gasteiger partial charge in [-0.25, -0.2) is 14.1 Å². The third-order valence-corrected chi connectivity index (χ3v) is 1.77. The molecule has 3 nitrogen and oxygen atoms in total. The topological polar surface area (TPSA) is 29.5 Å². The summed E-state index contributed by atoms with van der Waals surface area (Å²) in [5.41, 5.74) is -0.388. The molecule has 0 heterocycles. The van der Waals surface area contributed by atoms with Gasteiger partial charge in [-0.05, 0) is 39.0 Å². The maximum absolute atomic E-state index is 13.0. The van der Waals surface area contributed by atoms with Gasteiger partial charge in [-0.3, -0.25) is 0 Å². The number of amides is 1. The Kier molecular flexibility index (Phi) is 3.74. The van der Waals surface area contributed by atoms with E-state index in [1.807, 2.05) is 0 Å². The third kappa shape index (κ3) is 3.80. The Morgan fingerprint density at radius 3 is 2.59 bits per heavy atom. The molecule has 0 aromatic heterocycles. The van der Waals surface area contributed by atoms with Gasteiger partial charge in [0.2, 0.25) is 0 Å². The van der Waals surface area contributed by atoms with Gasteiger partial charge in [0.05, 0.1) is 5.69 Å². The highest BCUT2D eigenvalue weighted by Crippen LogP contribution is 2.18.